The molecule has 1 heterocycles. The topological polar surface area (TPSA) is 60.8 Å². The van der Waals surface area contributed by atoms with Crippen molar-refractivity contribution in [2.45, 2.75) is 24.0 Å². The summed E-state index contributed by atoms with van der Waals surface area (Å²) >= 11 is 1.49. The van der Waals surface area contributed by atoms with Crippen LogP contribution in [0.5, 0.6) is 0 Å². The highest BCUT2D eigenvalue weighted by molar-refractivity contribution is 8.00. The molecule has 2 N–H and O–H groups in total. The van der Waals surface area contributed by atoms with Crippen LogP contribution < -0.4 is 0 Å². The summed E-state index contributed by atoms with van der Waals surface area (Å²) in [5.74, 6) is 0.295. The van der Waals surface area contributed by atoms with Crippen molar-refractivity contribution in [2.24, 2.45) is 0 Å². The van der Waals surface area contributed by atoms with Crippen LogP contribution in [0.1, 0.15) is 5.56 Å². The number of rotatable bonds is 3. The Kier molecular flexibility index (Phi) is 4.27. The molecule has 4 nitrogen and oxygen atoms in total. The maximum Gasteiger partial charge on any atom is 0.233 e. The predicted octanol–water partition coefficient (Wildman–Crippen LogP) is 0.651. The van der Waals surface area contributed by atoms with Gasteiger partial charge in [-0.25, -0.2) is 0 Å². The van der Waals surface area contributed by atoms with Crippen LogP contribution in [-0.2, 0) is 4.79 Å². The van der Waals surface area contributed by atoms with Crippen LogP contribution in [0, 0.1) is 6.92 Å². The molecule has 98 valence electrons. The lowest BCUT2D eigenvalue weighted by molar-refractivity contribution is -0.127. The van der Waals surface area contributed by atoms with Crippen molar-refractivity contribution < 1.29 is 15.0 Å². The molecule has 0 aromatic heterocycles. The first-order valence-electron chi connectivity index (χ1n) is 5.90. The summed E-state index contributed by atoms with van der Waals surface area (Å²) < 4.78 is 0. The molecule has 0 radical (unpaired) electrons. The zero-order chi connectivity index (χ0) is 13.1. The van der Waals surface area contributed by atoms with Gasteiger partial charge in [0.2, 0.25) is 5.91 Å². The number of carbonyl (C=O) groups excluding carboxylic acids is 1. The van der Waals surface area contributed by atoms with E-state index >= 15 is 0 Å². The van der Waals surface area contributed by atoms with Gasteiger partial charge in [0, 0.05) is 18.0 Å². The third-order valence-electron chi connectivity index (χ3n) is 3.06. The van der Waals surface area contributed by atoms with Gasteiger partial charge in [-0.1, -0.05) is 18.2 Å². The summed E-state index contributed by atoms with van der Waals surface area (Å²) in [5.41, 5.74) is 1.15. The van der Waals surface area contributed by atoms with E-state index in [2.05, 4.69) is 0 Å². The van der Waals surface area contributed by atoms with Crippen molar-refractivity contribution in [3.05, 3.63) is 29.8 Å². The molecule has 2 atom stereocenters. The van der Waals surface area contributed by atoms with Crippen molar-refractivity contribution in [1.29, 1.82) is 0 Å². The van der Waals surface area contributed by atoms with E-state index in [1.165, 1.54) is 16.7 Å². The number of likely N-dealkylation sites (tertiary alicyclic amines) is 1. The molecule has 0 unspecified atom stereocenters. The molecule has 1 aromatic rings. The molecular formula is C13H17NO3S. The number of carbonyl (C=O) groups is 1. The molecule has 1 aromatic carbocycles. The van der Waals surface area contributed by atoms with E-state index in [-0.39, 0.29) is 19.0 Å². The van der Waals surface area contributed by atoms with Crippen molar-refractivity contribution >= 4 is 17.7 Å². The van der Waals surface area contributed by atoms with Gasteiger partial charge in [0.05, 0.1) is 18.0 Å². The van der Waals surface area contributed by atoms with Crippen molar-refractivity contribution in [3.63, 3.8) is 0 Å². The van der Waals surface area contributed by atoms with E-state index in [1.54, 1.807) is 0 Å². The summed E-state index contributed by atoms with van der Waals surface area (Å²) in [6.45, 7) is 2.47. The molecule has 2 rings (SSSR count). The highest BCUT2D eigenvalue weighted by Crippen LogP contribution is 2.22. The van der Waals surface area contributed by atoms with E-state index < -0.39 is 12.2 Å². The smallest absolute Gasteiger partial charge is 0.233 e. The minimum absolute atomic E-state index is 0.0427. The molecular weight excluding hydrogens is 250 g/mol. The average Bonchev–Trinajstić information content (AvgIpc) is 2.68. The lowest BCUT2D eigenvalue weighted by atomic mass is 10.2. The van der Waals surface area contributed by atoms with Gasteiger partial charge in [-0.3, -0.25) is 4.79 Å². The molecule has 0 aliphatic carbocycles. The fourth-order valence-corrected chi connectivity index (χ4v) is 2.85. The van der Waals surface area contributed by atoms with E-state index in [4.69, 9.17) is 0 Å². The van der Waals surface area contributed by atoms with Crippen molar-refractivity contribution in [3.8, 4) is 0 Å². The summed E-state index contributed by atoms with van der Waals surface area (Å²) in [7, 11) is 0. The number of β-amino-alcohol motifs (C(OH)–C–C–N with tert-alkyl or cyclic N) is 2. The third kappa shape index (κ3) is 3.04. The molecule has 1 aliphatic rings. The Hall–Kier alpha value is -1.04. The molecule has 0 spiro atoms. The maximum atomic E-state index is 11.9. The molecule has 1 fully saturated rings. The summed E-state index contributed by atoms with van der Waals surface area (Å²) in [6.07, 6.45) is -1.62. The Balaban J connectivity index is 1.88. The Morgan fingerprint density at radius 1 is 1.33 bits per heavy atom. The number of hydrogen-bond donors (Lipinski definition) is 2. The van der Waals surface area contributed by atoms with Gasteiger partial charge in [-0.15, -0.1) is 11.8 Å². The number of nitrogens with zero attached hydrogens (tertiary/aromatic N) is 1. The predicted molar refractivity (Wildman–Crippen MR) is 70.5 cm³/mol. The zero-order valence-corrected chi connectivity index (χ0v) is 11.1. The van der Waals surface area contributed by atoms with Crippen LogP contribution in [-0.4, -0.2) is 52.1 Å². The summed E-state index contributed by atoms with van der Waals surface area (Å²) in [4.78, 5) is 14.5. The summed E-state index contributed by atoms with van der Waals surface area (Å²) in [6, 6.07) is 7.91. The monoisotopic (exact) mass is 267 g/mol. The fourth-order valence-electron chi connectivity index (χ4n) is 1.92. The van der Waals surface area contributed by atoms with Crippen LogP contribution >= 0.6 is 11.8 Å². The van der Waals surface area contributed by atoms with Gasteiger partial charge in [0.15, 0.2) is 0 Å². The number of thioether (sulfide) groups is 1. The number of benzene rings is 1. The van der Waals surface area contributed by atoms with E-state index in [0.29, 0.717) is 5.75 Å². The van der Waals surface area contributed by atoms with Gasteiger partial charge in [-0.2, -0.15) is 0 Å². The van der Waals surface area contributed by atoms with Crippen molar-refractivity contribution in [2.75, 3.05) is 18.8 Å². The lowest BCUT2D eigenvalue weighted by Crippen LogP contribution is -2.31. The van der Waals surface area contributed by atoms with Crippen molar-refractivity contribution in [1.82, 2.24) is 4.90 Å². The molecule has 0 saturated carbocycles. The van der Waals surface area contributed by atoms with Gasteiger partial charge in [-0.05, 0) is 18.6 Å². The first-order valence-corrected chi connectivity index (χ1v) is 6.89. The van der Waals surface area contributed by atoms with Gasteiger partial charge in [0.1, 0.15) is 0 Å². The molecule has 0 bridgehead atoms. The highest BCUT2D eigenvalue weighted by atomic mass is 32.2. The maximum absolute atomic E-state index is 11.9. The third-order valence-corrected chi connectivity index (χ3v) is 4.22. The summed E-state index contributed by atoms with van der Waals surface area (Å²) in [5, 5.41) is 18.8. The Bertz CT molecular complexity index is 428. The van der Waals surface area contributed by atoms with Crippen LogP contribution in [0.15, 0.2) is 29.2 Å². The molecule has 18 heavy (non-hydrogen) atoms. The Morgan fingerprint density at radius 2 is 1.94 bits per heavy atom. The molecule has 1 amide bonds. The second kappa shape index (κ2) is 5.73. The molecule has 1 saturated heterocycles. The number of amides is 1. The fraction of sp³-hybridized carbons (Fsp3) is 0.462. The Labute approximate surface area is 111 Å². The number of aryl methyl sites for hydroxylation is 1. The minimum atomic E-state index is -0.808. The van der Waals surface area contributed by atoms with Gasteiger partial charge in [0.25, 0.3) is 0 Å². The Morgan fingerprint density at radius 3 is 2.56 bits per heavy atom. The first kappa shape index (κ1) is 13.4. The highest BCUT2D eigenvalue weighted by Gasteiger charge is 2.32. The lowest BCUT2D eigenvalue weighted by Gasteiger charge is -2.15. The van der Waals surface area contributed by atoms with Gasteiger partial charge >= 0.3 is 0 Å². The van der Waals surface area contributed by atoms with E-state index in [1.807, 2.05) is 31.2 Å². The number of hydrogen-bond acceptors (Lipinski definition) is 4. The second-order valence-electron chi connectivity index (χ2n) is 4.49. The number of aliphatic hydroxyl groups is 2. The van der Waals surface area contributed by atoms with E-state index in [9.17, 15) is 15.0 Å². The first-order chi connectivity index (χ1) is 8.58. The van der Waals surface area contributed by atoms with Crippen LogP contribution in [0.25, 0.3) is 0 Å². The minimum Gasteiger partial charge on any atom is -0.388 e. The van der Waals surface area contributed by atoms with Gasteiger partial charge < -0.3 is 15.1 Å². The number of aliphatic hydroxyl groups excluding tert-OH is 2. The largest absolute Gasteiger partial charge is 0.388 e. The standard InChI is InChI=1S/C13H17NO3S/c1-9-4-2-3-5-12(9)18-8-13(17)14-6-10(15)11(16)7-14/h2-5,10-11,15-16H,6-8H2,1H3/t10-,11+. The molecule has 5 heteroatoms. The zero-order valence-electron chi connectivity index (χ0n) is 10.2. The molecule has 1 aliphatic heterocycles. The van der Waals surface area contributed by atoms with Crippen LogP contribution in [0.4, 0.5) is 0 Å². The van der Waals surface area contributed by atoms with E-state index in [0.717, 1.165) is 10.5 Å². The second-order valence-corrected chi connectivity index (χ2v) is 5.50. The van der Waals surface area contributed by atoms with Crippen LogP contribution in [0.2, 0.25) is 0 Å². The van der Waals surface area contributed by atoms with Crippen LogP contribution in [0.3, 0.4) is 0 Å². The quantitative estimate of drug-likeness (QED) is 0.790. The normalized spacial score (nSPS) is 23.4. The average molecular weight is 267 g/mol. The SMILES string of the molecule is Cc1ccccc1SCC(=O)N1C[C@@H](O)[C@@H](O)C1.